The zero-order valence-electron chi connectivity index (χ0n) is 9.78. The number of nitrogens with zero attached hydrogens (tertiary/aromatic N) is 1. The third kappa shape index (κ3) is 3.09. The SMILES string of the molecule is Cl.Cl.Clc1ccc2nc(C3CCNCC3)[nH]c2c1. The highest BCUT2D eigenvalue weighted by molar-refractivity contribution is 6.31. The van der Waals surface area contributed by atoms with E-state index in [1.807, 2.05) is 18.2 Å². The van der Waals surface area contributed by atoms with E-state index in [4.69, 9.17) is 11.6 Å². The molecule has 2 heterocycles. The zero-order chi connectivity index (χ0) is 11.0. The van der Waals surface area contributed by atoms with Crippen molar-refractivity contribution in [3.05, 3.63) is 29.0 Å². The molecule has 0 spiro atoms. The van der Waals surface area contributed by atoms with Gasteiger partial charge in [0.05, 0.1) is 11.0 Å². The fourth-order valence-electron chi connectivity index (χ4n) is 2.29. The van der Waals surface area contributed by atoms with Gasteiger partial charge in [0.15, 0.2) is 0 Å². The summed E-state index contributed by atoms with van der Waals surface area (Å²) in [6.07, 6.45) is 2.32. The van der Waals surface area contributed by atoms with Gasteiger partial charge in [-0.05, 0) is 44.1 Å². The fourth-order valence-corrected chi connectivity index (χ4v) is 2.46. The van der Waals surface area contributed by atoms with Gasteiger partial charge in [-0.3, -0.25) is 0 Å². The van der Waals surface area contributed by atoms with E-state index in [0.29, 0.717) is 5.92 Å². The minimum absolute atomic E-state index is 0. The van der Waals surface area contributed by atoms with E-state index < -0.39 is 0 Å². The zero-order valence-corrected chi connectivity index (χ0v) is 12.2. The average Bonchev–Trinajstić information content (AvgIpc) is 2.73. The maximum atomic E-state index is 5.96. The van der Waals surface area contributed by atoms with E-state index in [0.717, 1.165) is 47.8 Å². The van der Waals surface area contributed by atoms with E-state index in [1.54, 1.807) is 0 Å². The van der Waals surface area contributed by atoms with Gasteiger partial charge >= 0.3 is 0 Å². The lowest BCUT2D eigenvalue weighted by Gasteiger charge is -2.20. The summed E-state index contributed by atoms with van der Waals surface area (Å²) < 4.78 is 0. The molecule has 1 saturated heterocycles. The Labute approximate surface area is 124 Å². The van der Waals surface area contributed by atoms with Crippen LogP contribution >= 0.6 is 36.4 Å². The van der Waals surface area contributed by atoms with Gasteiger partial charge < -0.3 is 10.3 Å². The Balaban J connectivity index is 0.000000810. The van der Waals surface area contributed by atoms with Crippen molar-refractivity contribution in [1.29, 1.82) is 0 Å². The minimum Gasteiger partial charge on any atom is -0.342 e. The number of halogens is 3. The molecular formula is C12H16Cl3N3. The molecule has 1 fully saturated rings. The van der Waals surface area contributed by atoms with Crippen LogP contribution in [0, 0.1) is 0 Å². The number of benzene rings is 1. The first-order chi connectivity index (χ1) is 7.83. The van der Waals surface area contributed by atoms with E-state index >= 15 is 0 Å². The van der Waals surface area contributed by atoms with Crippen LogP contribution in [0.25, 0.3) is 11.0 Å². The molecule has 3 nitrogen and oxygen atoms in total. The maximum absolute atomic E-state index is 5.96. The fraction of sp³-hybridized carbons (Fsp3) is 0.417. The molecule has 2 aromatic rings. The molecule has 1 aliphatic heterocycles. The van der Waals surface area contributed by atoms with Gasteiger partial charge in [0.1, 0.15) is 5.82 Å². The normalized spacial score (nSPS) is 16.1. The van der Waals surface area contributed by atoms with Crippen molar-refractivity contribution in [2.45, 2.75) is 18.8 Å². The number of rotatable bonds is 1. The molecule has 0 saturated carbocycles. The van der Waals surface area contributed by atoms with Gasteiger partial charge in [-0.1, -0.05) is 11.6 Å². The molecule has 0 bridgehead atoms. The maximum Gasteiger partial charge on any atom is 0.110 e. The van der Waals surface area contributed by atoms with Crippen molar-refractivity contribution in [3.8, 4) is 0 Å². The van der Waals surface area contributed by atoms with E-state index in [-0.39, 0.29) is 24.8 Å². The lowest BCUT2D eigenvalue weighted by atomic mass is 9.98. The minimum atomic E-state index is 0. The number of H-pyrrole nitrogens is 1. The van der Waals surface area contributed by atoms with Gasteiger partial charge in [0.25, 0.3) is 0 Å². The van der Waals surface area contributed by atoms with E-state index in [1.165, 1.54) is 0 Å². The van der Waals surface area contributed by atoms with Crippen LogP contribution in [-0.2, 0) is 0 Å². The number of aromatic nitrogens is 2. The Hall–Kier alpha value is -0.480. The van der Waals surface area contributed by atoms with Gasteiger partial charge in [-0.15, -0.1) is 24.8 Å². The number of hydrogen-bond acceptors (Lipinski definition) is 2. The summed E-state index contributed by atoms with van der Waals surface area (Å²) in [5.41, 5.74) is 2.05. The summed E-state index contributed by atoms with van der Waals surface area (Å²) in [7, 11) is 0. The first-order valence-electron chi connectivity index (χ1n) is 5.69. The Morgan fingerprint density at radius 2 is 1.89 bits per heavy atom. The van der Waals surface area contributed by atoms with Crippen LogP contribution in [0.15, 0.2) is 18.2 Å². The largest absolute Gasteiger partial charge is 0.342 e. The molecule has 0 unspecified atom stereocenters. The van der Waals surface area contributed by atoms with Crippen molar-refractivity contribution < 1.29 is 0 Å². The molecule has 0 amide bonds. The van der Waals surface area contributed by atoms with Crippen LogP contribution < -0.4 is 5.32 Å². The van der Waals surface area contributed by atoms with Gasteiger partial charge in [-0.2, -0.15) is 0 Å². The lowest BCUT2D eigenvalue weighted by Crippen LogP contribution is -2.27. The first kappa shape index (κ1) is 15.6. The number of nitrogens with one attached hydrogen (secondary N) is 2. The highest BCUT2D eigenvalue weighted by Gasteiger charge is 2.18. The number of aromatic amines is 1. The van der Waals surface area contributed by atoms with Gasteiger partial charge in [-0.25, -0.2) is 4.98 Å². The summed E-state index contributed by atoms with van der Waals surface area (Å²) in [4.78, 5) is 8.02. The van der Waals surface area contributed by atoms with Crippen LogP contribution in [0.1, 0.15) is 24.6 Å². The van der Waals surface area contributed by atoms with E-state index in [9.17, 15) is 0 Å². The second-order valence-electron chi connectivity index (χ2n) is 4.31. The molecule has 1 aromatic heterocycles. The molecule has 1 aromatic carbocycles. The highest BCUT2D eigenvalue weighted by atomic mass is 35.5. The Kier molecular flexibility index (Phi) is 5.73. The smallest absolute Gasteiger partial charge is 0.110 e. The average molecular weight is 309 g/mol. The number of piperidine rings is 1. The van der Waals surface area contributed by atoms with Crippen LogP contribution in [-0.4, -0.2) is 23.1 Å². The Morgan fingerprint density at radius 3 is 2.61 bits per heavy atom. The highest BCUT2D eigenvalue weighted by Crippen LogP contribution is 2.26. The third-order valence-electron chi connectivity index (χ3n) is 3.19. The third-order valence-corrected chi connectivity index (χ3v) is 3.42. The van der Waals surface area contributed by atoms with Crippen molar-refractivity contribution in [2.24, 2.45) is 0 Å². The molecule has 0 aliphatic carbocycles. The molecular weight excluding hydrogens is 293 g/mol. The standard InChI is InChI=1S/C12H14ClN3.2ClH/c13-9-1-2-10-11(7-9)16-12(15-10)8-3-5-14-6-4-8;;/h1-2,7-8,14H,3-6H2,(H,15,16);2*1H. The van der Waals surface area contributed by atoms with Crippen molar-refractivity contribution in [2.75, 3.05) is 13.1 Å². The molecule has 100 valence electrons. The molecule has 3 rings (SSSR count). The predicted octanol–water partition coefficient (Wildman–Crippen LogP) is 3.53. The summed E-state index contributed by atoms with van der Waals surface area (Å²) in [6.45, 7) is 2.17. The predicted molar refractivity (Wildman–Crippen MR) is 80.4 cm³/mol. The Morgan fingerprint density at radius 1 is 1.17 bits per heavy atom. The van der Waals surface area contributed by atoms with Crippen LogP contribution in [0.2, 0.25) is 5.02 Å². The molecule has 18 heavy (non-hydrogen) atoms. The first-order valence-corrected chi connectivity index (χ1v) is 6.06. The van der Waals surface area contributed by atoms with Crippen molar-refractivity contribution >= 4 is 47.4 Å². The summed E-state index contributed by atoms with van der Waals surface area (Å²) in [5.74, 6) is 1.67. The summed E-state index contributed by atoms with van der Waals surface area (Å²) >= 11 is 5.96. The summed E-state index contributed by atoms with van der Waals surface area (Å²) in [6, 6.07) is 5.80. The number of imidazole rings is 1. The van der Waals surface area contributed by atoms with Crippen molar-refractivity contribution in [3.63, 3.8) is 0 Å². The van der Waals surface area contributed by atoms with Crippen molar-refractivity contribution in [1.82, 2.24) is 15.3 Å². The number of hydrogen-bond donors (Lipinski definition) is 2. The van der Waals surface area contributed by atoms with Crippen LogP contribution in [0.4, 0.5) is 0 Å². The second-order valence-corrected chi connectivity index (χ2v) is 4.74. The molecule has 1 aliphatic rings. The van der Waals surface area contributed by atoms with Gasteiger partial charge in [0.2, 0.25) is 0 Å². The summed E-state index contributed by atoms with van der Waals surface area (Å²) in [5, 5.41) is 4.12. The topological polar surface area (TPSA) is 40.7 Å². The molecule has 6 heteroatoms. The van der Waals surface area contributed by atoms with E-state index in [2.05, 4.69) is 15.3 Å². The van der Waals surface area contributed by atoms with Crippen LogP contribution in [0.5, 0.6) is 0 Å². The number of fused-ring (bicyclic) bond motifs is 1. The molecule has 0 atom stereocenters. The molecule has 2 N–H and O–H groups in total. The van der Waals surface area contributed by atoms with Gasteiger partial charge in [0, 0.05) is 10.9 Å². The lowest BCUT2D eigenvalue weighted by molar-refractivity contribution is 0.448. The monoisotopic (exact) mass is 307 g/mol. The van der Waals surface area contributed by atoms with Crippen LogP contribution in [0.3, 0.4) is 0 Å². The Bertz CT molecular complexity index is 506. The second kappa shape index (κ2) is 6.62. The molecule has 0 radical (unpaired) electrons. The quantitative estimate of drug-likeness (QED) is 0.846.